The van der Waals surface area contributed by atoms with Crippen molar-refractivity contribution in [2.45, 2.75) is 79.5 Å². The number of amides is 3. The second-order valence-electron chi connectivity index (χ2n) is 10.9. The number of hydrogen-bond acceptors (Lipinski definition) is 4. The summed E-state index contributed by atoms with van der Waals surface area (Å²) in [4.78, 5) is 42.4. The van der Waals surface area contributed by atoms with E-state index in [4.69, 9.17) is 4.74 Å². The van der Waals surface area contributed by atoms with Crippen LogP contribution in [0.15, 0.2) is 55.1 Å². The Labute approximate surface area is 227 Å². The number of rotatable bonds is 10. The second-order valence-corrected chi connectivity index (χ2v) is 10.9. The Hall–Kier alpha value is -3.61. The SMILES string of the molecule is C=CCN(C(=O)C(NC(=O)OC(C)(C)C)C(C)CC)C(C(=O)Nc1ccccc1C)c1cc(C)ccc1C. The molecule has 0 radical (unpaired) electrons. The number of nitrogens with one attached hydrogen (secondary N) is 2. The number of nitrogens with zero attached hydrogens (tertiary/aromatic N) is 1. The van der Waals surface area contributed by atoms with E-state index in [-0.39, 0.29) is 24.3 Å². The molecule has 0 aliphatic carbocycles. The molecule has 2 aromatic carbocycles. The Morgan fingerprint density at radius 2 is 1.71 bits per heavy atom. The smallest absolute Gasteiger partial charge is 0.408 e. The average Bonchev–Trinajstić information content (AvgIpc) is 2.83. The van der Waals surface area contributed by atoms with Gasteiger partial charge in [0.25, 0.3) is 5.91 Å². The number of carbonyl (C=O) groups is 3. The van der Waals surface area contributed by atoms with Crippen molar-refractivity contribution >= 4 is 23.6 Å². The predicted octanol–water partition coefficient (Wildman–Crippen LogP) is 6.25. The van der Waals surface area contributed by atoms with Crippen LogP contribution >= 0.6 is 0 Å². The number of alkyl carbamates (subject to hydrolysis) is 1. The fourth-order valence-corrected chi connectivity index (χ4v) is 4.18. The molecular formula is C31H43N3O4. The first-order valence-corrected chi connectivity index (χ1v) is 13.1. The first-order chi connectivity index (χ1) is 17.8. The summed E-state index contributed by atoms with van der Waals surface area (Å²) in [5.41, 5.74) is 3.42. The average molecular weight is 522 g/mol. The van der Waals surface area contributed by atoms with Crippen molar-refractivity contribution in [2.24, 2.45) is 5.92 Å². The van der Waals surface area contributed by atoms with Crippen molar-refractivity contribution in [3.05, 3.63) is 77.4 Å². The Morgan fingerprint density at radius 1 is 1.05 bits per heavy atom. The summed E-state index contributed by atoms with van der Waals surface area (Å²) < 4.78 is 5.45. The molecule has 0 aliphatic rings. The normalized spacial score (nSPS) is 13.6. The van der Waals surface area contributed by atoms with Gasteiger partial charge in [0.1, 0.15) is 17.7 Å². The van der Waals surface area contributed by atoms with Crippen LogP contribution < -0.4 is 10.6 Å². The van der Waals surface area contributed by atoms with Crippen LogP contribution in [0.2, 0.25) is 0 Å². The van der Waals surface area contributed by atoms with Gasteiger partial charge >= 0.3 is 6.09 Å². The summed E-state index contributed by atoms with van der Waals surface area (Å²) in [7, 11) is 0. The summed E-state index contributed by atoms with van der Waals surface area (Å²) in [5, 5.41) is 5.80. The zero-order valence-electron chi connectivity index (χ0n) is 24.1. The molecule has 0 aliphatic heterocycles. The highest BCUT2D eigenvalue weighted by Crippen LogP contribution is 2.29. The molecule has 7 nitrogen and oxygen atoms in total. The fourth-order valence-electron chi connectivity index (χ4n) is 4.18. The molecular weight excluding hydrogens is 478 g/mol. The lowest BCUT2D eigenvalue weighted by atomic mass is 9.93. The van der Waals surface area contributed by atoms with Gasteiger partial charge in [-0.05, 0) is 70.2 Å². The quantitative estimate of drug-likeness (QED) is 0.362. The van der Waals surface area contributed by atoms with Crippen LogP contribution in [0, 0.1) is 26.7 Å². The fraction of sp³-hybridized carbons (Fsp3) is 0.452. The highest BCUT2D eigenvalue weighted by Gasteiger charge is 2.38. The summed E-state index contributed by atoms with van der Waals surface area (Å²) >= 11 is 0. The van der Waals surface area contributed by atoms with E-state index in [0.717, 1.165) is 16.7 Å². The summed E-state index contributed by atoms with van der Waals surface area (Å²) in [5.74, 6) is -0.930. The first kappa shape index (κ1) is 30.6. The second kappa shape index (κ2) is 13.3. The number of anilines is 1. The van der Waals surface area contributed by atoms with Crippen molar-refractivity contribution < 1.29 is 19.1 Å². The lowest BCUT2D eigenvalue weighted by molar-refractivity contribution is -0.141. The Kier molecular flexibility index (Phi) is 10.7. The van der Waals surface area contributed by atoms with Crippen molar-refractivity contribution in [1.82, 2.24) is 10.2 Å². The molecule has 2 rings (SSSR count). The zero-order valence-corrected chi connectivity index (χ0v) is 24.1. The molecule has 0 aromatic heterocycles. The number of para-hydroxylation sites is 1. The van der Waals surface area contributed by atoms with Crippen LogP contribution in [0.4, 0.5) is 10.5 Å². The molecule has 0 bridgehead atoms. The van der Waals surface area contributed by atoms with Gasteiger partial charge in [0, 0.05) is 12.2 Å². The van der Waals surface area contributed by atoms with Gasteiger partial charge in [0.05, 0.1) is 0 Å². The number of aryl methyl sites for hydroxylation is 3. The van der Waals surface area contributed by atoms with Crippen LogP contribution in [0.3, 0.4) is 0 Å². The van der Waals surface area contributed by atoms with Gasteiger partial charge in [-0.2, -0.15) is 0 Å². The lowest BCUT2D eigenvalue weighted by Crippen LogP contribution is -2.54. The maximum absolute atomic E-state index is 14.2. The van der Waals surface area contributed by atoms with E-state index in [1.54, 1.807) is 26.8 Å². The van der Waals surface area contributed by atoms with Gasteiger partial charge in [-0.15, -0.1) is 6.58 Å². The first-order valence-electron chi connectivity index (χ1n) is 13.1. The highest BCUT2D eigenvalue weighted by molar-refractivity contribution is 5.99. The minimum atomic E-state index is -0.952. The summed E-state index contributed by atoms with van der Waals surface area (Å²) in [6.07, 6.45) is 1.55. The van der Waals surface area contributed by atoms with Crippen LogP contribution in [0.1, 0.15) is 69.3 Å². The van der Waals surface area contributed by atoms with Crippen LogP contribution in [-0.2, 0) is 14.3 Å². The molecule has 0 spiro atoms. The molecule has 3 atom stereocenters. The lowest BCUT2D eigenvalue weighted by Gasteiger charge is -2.36. The number of ether oxygens (including phenoxy) is 1. The van der Waals surface area contributed by atoms with Crippen molar-refractivity contribution in [3.8, 4) is 0 Å². The van der Waals surface area contributed by atoms with Gasteiger partial charge in [0.15, 0.2) is 0 Å². The minimum Gasteiger partial charge on any atom is -0.444 e. The zero-order chi connectivity index (χ0) is 28.6. The molecule has 0 heterocycles. The molecule has 0 fully saturated rings. The highest BCUT2D eigenvalue weighted by atomic mass is 16.6. The third-order valence-corrected chi connectivity index (χ3v) is 6.45. The third kappa shape index (κ3) is 8.20. The molecule has 0 saturated carbocycles. The molecule has 7 heteroatoms. The largest absolute Gasteiger partial charge is 0.444 e. The van der Waals surface area contributed by atoms with Crippen LogP contribution in [0.5, 0.6) is 0 Å². The van der Waals surface area contributed by atoms with Crippen molar-refractivity contribution in [3.63, 3.8) is 0 Å². The Balaban J connectivity index is 2.60. The maximum atomic E-state index is 14.2. The Bertz CT molecular complexity index is 1150. The standard InChI is InChI=1S/C31H43N3O4/c1-10-18-34(29(36)26(21(4)11-2)33-30(37)38-31(7,8)9)27(24-19-20(3)16-17-22(24)5)28(35)32-25-15-13-12-14-23(25)6/h10,12-17,19,21,26-27H,1,11,18H2,2-9H3,(H,32,35)(H,33,37). The van der Waals surface area contributed by atoms with Gasteiger partial charge in [-0.25, -0.2) is 4.79 Å². The van der Waals surface area contributed by atoms with Gasteiger partial charge in [0.2, 0.25) is 5.91 Å². The molecule has 3 unspecified atom stereocenters. The van der Waals surface area contributed by atoms with E-state index in [2.05, 4.69) is 17.2 Å². The van der Waals surface area contributed by atoms with E-state index < -0.39 is 23.8 Å². The predicted molar refractivity (Wildman–Crippen MR) is 153 cm³/mol. The van der Waals surface area contributed by atoms with E-state index in [9.17, 15) is 14.4 Å². The molecule has 2 aromatic rings. The molecule has 3 amide bonds. The van der Waals surface area contributed by atoms with Gasteiger partial charge < -0.3 is 20.3 Å². The minimum absolute atomic E-state index is 0.112. The van der Waals surface area contributed by atoms with Crippen LogP contribution in [0.25, 0.3) is 0 Å². The third-order valence-electron chi connectivity index (χ3n) is 6.45. The maximum Gasteiger partial charge on any atom is 0.408 e. The van der Waals surface area contributed by atoms with Crippen molar-refractivity contribution in [1.29, 1.82) is 0 Å². The topological polar surface area (TPSA) is 87.7 Å². The Morgan fingerprint density at radius 3 is 2.29 bits per heavy atom. The van der Waals surface area contributed by atoms with E-state index in [1.165, 1.54) is 4.90 Å². The van der Waals surface area contributed by atoms with E-state index >= 15 is 0 Å². The monoisotopic (exact) mass is 521 g/mol. The van der Waals surface area contributed by atoms with E-state index in [1.807, 2.05) is 77.1 Å². The van der Waals surface area contributed by atoms with E-state index in [0.29, 0.717) is 17.7 Å². The molecule has 0 saturated heterocycles. The summed E-state index contributed by atoms with van der Waals surface area (Å²) in [6, 6.07) is 11.5. The number of benzene rings is 2. The van der Waals surface area contributed by atoms with Gasteiger partial charge in [-0.3, -0.25) is 9.59 Å². The summed E-state index contributed by atoms with van der Waals surface area (Å²) in [6.45, 7) is 18.9. The van der Waals surface area contributed by atoms with Crippen molar-refractivity contribution in [2.75, 3.05) is 11.9 Å². The van der Waals surface area contributed by atoms with Crippen LogP contribution in [-0.4, -0.2) is 41.0 Å². The number of hydrogen-bond donors (Lipinski definition) is 2. The molecule has 38 heavy (non-hydrogen) atoms. The molecule has 2 N–H and O–H groups in total. The van der Waals surface area contributed by atoms with Gasteiger partial charge in [-0.1, -0.05) is 68.3 Å². The molecule has 206 valence electrons. The number of carbonyl (C=O) groups excluding carboxylic acids is 3.